The number of anilines is 1. The van der Waals surface area contributed by atoms with Crippen LogP contribution in [0, 0.1) is 0 Å². The van der Waals surface area contributed by atoms with E-state index < -0.39 is 0 Å². The van der Waals surface area contributed by atoms with Gasteiger partial charge >= 0.3 is 0 Å². The SMILES string of the molecule is CCNc1nc(-c2nc(OC)ccc2CN)c2ccccc2n1. The molecule has 0 radical (unpaired) electrons. The normalized spacial score (nSPS) is 10.7. The Morgan fingerprint density at radius 2 is 1.87 bits per heavy atom. The molecule has 6 heteroatoms. The lowest BCUT2D eigenvalue weighted by molar-refractivity contribution is 0.398. The Balaban J connectivity index is 2.30. The van der Waals surface area contributed by atoms with E-state index in [1.54, 1.807) is 13.2 Å². The zero-order valence-corrected chi connectivity index (χ0v) is 13.2. The molecule has 0 aliphatic heterocycles. The van der Waals surface area contributed by atoms with E-state index >= 15 is 0 Å². The van der Waals surface area contributed by atoms with Crippen LogP contribution in [0.4, 0.5) is 5.95 Å². The highest BCUT2D eigenvalue weighted by atomic mass is 16.5. The molecule has 0 fully saturated rings. The number of hydrogen-bond acceptors (Lipinski definition) is 6. The van der Waals surface area contributed by atoms with Crippen molar-refractivity contribution < 1.29 is 4.74 Å². The number of aromatic nitrogens is 3. The summed E-state index contributed by atoms with van der Waals surface area (Å²) in [7, 11) is 1.59. The maximum atomic E-state index is 5.88. The van der Waals surface area contributed by atoms with Crippen LogP contribution >= 0.6 is 0 Å². The van der Waals surface area contributed by atoms with Gasteiger partial charge in [0.2, 0.25) is 11.8 Å². The second-order valence-corrected chi connectivity index (χ2v) is 5.01. The zero-order valence-electron chi connectivity index (χ0n) is 13.2. The lowest BCUT2D eigenvalue weighted by atomic mass is 10.1. The number of nitrogens with two attached hydrogens (primary N) is 1. The predicted molar refractivity (Wildman–Crippen MR) is 91.4 cm³/mol. The van der Waals surface area contributed by atoms with Crippen molar-refractivity contribution >= 4 is 16.9 Å². The second kappa shape index (κ2) is 6.58. The third-order valence-corrected chi connectivity index (χ3v) is 3.54. The monoisotopic (exact) mass is 309 g/mol. The first kappa shape index (κ1) is 15.2. The molecule has 2 heterocycles. The van der Waals surface area contributed by atoms with Gasteiger partial charge in [-0.05, 0) is 18.6 Å². The maximum Gasteiger partial charge on any atom is 0.223 e. The van der Waals surface area contributed by atoms with Crippen molar-refractivity contribution in [2.75, 3.05) is 19.0 Å². The van der Waals surface area contributed by atoms with Crippen LogP contribution in [-0.4, -0.2) is 28.6 Å². The number of ether oxygens (including phenoxy) is 1. The number of nitrogens with zero attached hydrogens (tertiary/aromatic N) is 3. The molecule has 0 bridgehead atoms. The van der Waals surface area contributed by atoms with Crippen LogP contribution in [0.5, 0.6) is 5.88 Å². The molecule has 0 aliphatic carbocycles. The Hall–Kier alpha value is -2.73. The lowest BCUT2D eigenvalue weighted by Crippen LogP contribution is -2.07. The fourth-order valence-corrected chi connectivity index (χ4v) is 2.45. The first-order valence-corrected chi connectivity index (χ1v) is 7.51. The smallest absolute Gasteiger partial charge is 0.223 e. The molecule has 0 saturated carbocycles. The van der Waals surface area contributed by atoms with Crippen molar-refractivity contribution in [2.45, 2.75) is 13.5 Å². The van der Waals surface area contributed by atoms with Gasteiger partial charge < -0.3 is 15.8 Å². The van der Waals surface area contributed by atoms with E-state index in [0.29, 0.717) is 18.4 Å². The van der Waals surface area contributed by atoms with E-state index in [-0.39, 0.29) is 0 Å². The highest BCUT2D eigenvalue weighted by Gasteiger charge is 2.15. The fourth-order valence-electron chi connectivity index (χ4n) is 2.45. The van der Waals surface area contributed by atoms with Crippen LogP contribution in [-0.2, 0) is 6.54 Å². The molecule has 1 aromatic carbocycles. The summed E-state index contributed by atoms with van der Waals surface area (Å²) < 4.78 is 5.25. The van der Waals surface area contributed by atoms with Crippen LogP contribution in [0.15, 0.2) is 36.4 Å². The first-order chi connectivity index (χ1) is 11.3. The number of benzene rings is 1. The number of para-hydroxylation sites is 1. The van der Waals surface area contributed by atoms with Crippen molar-refractivity contribution in [1.82, 2.24) is 15.0 Å². The summed E-state index contributed by atoms with van der Waals surface area (Å²) in [5.74, 6) is 1.11. The Bertz CT molecular complexity index is 834. The summed E-state index contributed by atoms with van der Waals surface area (Å²) in [6.07, 6.45) is 0. The average molecular weight is 309 g/mol. The molecule has 0 atom stereocenters. The highest BCUT2D eigenvalue weighted by molar-refractivity contribution is 5.93. The van der Waals surface area contributed by atoms with E-state index in [2.05, 4.69) is 20.3 Å². The van der Waals surface area contributed by atoms with Gasteiger partial charge in [-0.25, -0.2) is 15.0 Å². The Kier molecular flexibility index (Phi) is 4.34. The molecule has 118 valence electrons. The van der Waals surface area contributed by atoms with Gasteiger partial charge in [0, 0.05) is 24.5 Å². The predicted octanol–water partition coefficient (Wildman–Crippen LogP) is 2.59. The van der Waals surface area contributed by atoms with Crippen molar-refractivity contribution in [3.05, 3.63) is 42.0 Å². The molecule has 0 amide bonds. The van der Waals surface area contributed by atoms with E-state index in [0.717, 1.165) is 34.4 Å². The standard InChI is InChI=1S/C17H19N5O/c1-3-19-17-20-13-7-5-4-6-12(13)16(22-17)15-11(10-18)8-9-14(21-15)23-2/h4-9H,3,10,18H2,1-2H3,(H,19,20,22). The summed E-state index contributed by atoms with van der Waals surface area (Å²) in [6.45, 7) is 3.13. The van der Waals surface area contributed by atoms with Crippen molar-refractivity contribution in [1.29, 1.82) is 0 Å². The molecule has 23 heavy (non-hydrogen) atoms. The fraction of sp³-hybridized carbons (Fsp3) is 0.235. The van der Waals surface area contributed by atoms with Gasteiger partial charge in [0.1, 0.15) is 5.69 Å². The van der Waals surface area contributed by atoms with E-state index in [1.165, 1.54) is 0 Å². The van der Waals surface area contributed by atoms with E-state index in [9.17, 15) is 0 Å². The van der Waals surface area contributed by atoms with Crippen LogP contribution in [0.25, 0.3) is 22.3 Å². The van der Waals surface area contributed by atoms with Gasteiger partial charge in [-0.1, -0.05) is 24.3 Å². The molecular formula is C17H19N5O. The summed E-state index contributed by atoms with van der Waals surface area (Å²) >= 11 is 0. The average Bonchev–Trinajstić information content (AvgIpc) is 2.60. The number of fused-ring (bicyclic) bond motifs is 1. The van der Waals surface area contributed by atoms with E-state index in [1.807, 2.05) is 37.3 Å². The number of rotatable bonds is 5. The molecular weight excluding hydrogens is 290 g/mol. The molecule has 0 spiro atoms. The molecule has 3 aromatic rings. The van der Waals surface area contributed by atoms with Crippen molar-refractivity contribution in [3.63, 3.8) is 0 Å². The molecule has 0 saturated heterocycles. The number of nitrogens with one attached hydrogen (secondary N) is 1. The minimum Gasteiger partial charge on any atom is -0.481 e. The van der Waals surface area contributed by atoms with Gasteiger partial charge in [0.15, 0.2) is 0 Å². The van der Waals surface area contributed by atoms with Crippen molar-refractivity contribution in [3.8, 4) is 17.3 Å². The maximum absolute atomic E-state index is 5.88. The quantitative estimate of drug-likeness (QED) is 0.753. The third kappa shape index (κ3) is 2.93. The number of pyridine rings is 1. The van der Waals surface area contributed by atoms with Gasteiger partial charge in [-0.3, -0.25) is 0 Å². The topological polar surface area (TPSA) is 86.0 Å². The Morgan fingerprint density at radius 3 is 2.61 bits per heavy atom. The third-order valence-electron chi connectivity index (χ3n) is 3.54. The van der Waals surface area contributed by atoms with Crippen LogP contribution in [0.2, 0.25) is 0 Å². The first-order valence-electron chi connectivity index (χ1n) is 7.51. The Morgan fingerprint density at radius 1 is 1.04 bits per heavy atom. The minimum absolute atomic E-state index is 0.376. The largest absolute Gasteiger partial charge is 0.481 e. The number of hydrogen-bond donors (Lipinski definition) is 2. The summed E-state index contributed by atoms with van der Waals surface area (Å²) in [5, 5.41) is 4.10. The molecule has 6 nitrogen and oxygen atoms in total. The second-order valence-electron chi connectivity index (χ2n) is 5.01. The van der Waals surface area contributed by atoms with Gasteiger partial charge in [0.25, 0.3) is 0 Å². The summed E-state index contributed by atoms with van der Waals surface area (Å²) in [5.41, 5.74) is 9.14. The van der Waals surface area contributed by atoms with Crippen LogP contribution in [0.3, 0.4) is 0 Å². The van der Waals surface area contributed by atoms with Gasteiger partial charge in [-0.2, -0.15) is 0 Å². The lowest BCUT2D eigenvalue weighted by Gasteiger charge is -2.12. The molecule has 0 aliphatic rings. The molecule has 3 N–H and O–H groups in total. The van der Waals surface area contributed by atoms with Gasteiger partial charge in [-0.15, -0.1) is 0 Å². The minimum atomic E-state index is 0.376. The van der Waals surface area contributed by atoms with Crippen LogP contribution < -0.4 is 15.8 Å². The Labute approximate surface area is 134 Å². The van der Waals surface area contributed by atoms with E-state index in [4.69, 9.17) is 10.5 Å². The highest BCUT2D eigenvalue weighted by Crippen LogP contribution is 2.29. The molecule has 0 unspecified atom stereocenters. The van der Waals surface area contributed by atoms with Gasteiger partial charge in [0.05, 0.1) is 18.3 Å². The zero-order chi connectivity index (χ0) is 16.2. The summed E-state index contributed by atoms with van der Waals surface area (Å²) in [4.78, 5) is 13.7. The molecule has 2 aromatic heterocycles. The van der Waals surface area contributed by atoms with Crippen LogP contribution in [0.1, 0.15) is 12.5 Å². The van der Waals surface area contributed by atoms with Crippen molar-refractivity contribution in [2.24, 2.45) is 5.73 Å². The number of methoxy groups -OCH3 is 1. The molecule has 3 rings (SSSR count). The summed E-state index contributed by atoms with van der Waals surface area (Å²) in [6, 6.07) is 11.6.